The summed E-state index contributed by atoms with van der Waals surface area (Å²) in [5, 5.41) is 2.37. The normalized spacial score (nSPS) is 9.84. The van der Waals surface area contributed by atoms with Crippen LogP contribution in [0, 0.1) is 23.7 Å². The second-order valence-electron chi connectivity index (χ2n) is 7.08. The van der Waals surface area contributed by atoms with E-state index in [2.05, 4.69) is 47.9 Å². The van der Waals surface area contributed by atoms with E-state index in [0.717, 1.165) is 22.3 Å². The van der Waals surface area contributed by atoms with Crippen LogP contribution < -0.4 is 14.2 Å². The molecule has 0 aromatic heterocycles. The Balaban J connectivity index is 1.64. The molecule has 3 heteroatoms. The first-order chi connectivity index (χ1) is 15.7. The van der Waals surface area contributed by atoms with E-state index < -0.39 is 0 Å². The lowest BCUT2D eigenvalue weighted by Gasteiger charge is -2.06. The highest BCUT2D eigenvalue weighted by Gasteiger charge is 2.03. The third-order valence-corrected chi connectivity index (χ3v) is 4.98. The quantitative estimate of drug-likeness (QED) is 0.402. The zero-order valence-electron chi connectivity index (χ0n) is 18.2. The average molecular weight is 418 g/mol. The monoisotopic (exact) mass is 418 g/mol. The Morgan fingerprint density at radius 3 is 1.72 bits per heavy atom. The first kappa shape index (κ1) is 20.9. The van der Waals surface area contributed by atoms with Crippen LogP contribution in [0.15, 0.2) is 78.9 Å². The van der Waals surface area contributed by atoms with Gasteiger partial charge in [-0.2, -0.15) is 0 Å². The van der Waals surface area contributed by atoms with Crippen LogP contribution in [0.1, 0.15) is 22.3 Å². The summed E-state index contributed by atoms with van der Waals surface area (Å²) in [7, 11) is 4.86. The molecule has 0 aliphatic heterocycles. The van der Waals surface area contributed by atoms with Crippen molar-refractivity contribution in [2.75, 3.05) is 21.3 Å². The summed E-state index contributed by atoms with van der Waals surface area (Å²) >= 11 is 0. The van der Waals surface area contributed by atoms with E-state index in [1.165, 1.54) is 10.8 Å². The third kappa shape index (κ3) is 4.86. The lowest BCUT2D eigenvalue weighted by Crippen LogP contribution is -1.91. The molecule has 4 aromatic carbocycles. The third-order valence-electron chi connectivity index (χ3n) is 4.98. The van der Waals surface area contributed by atoms with E-state index in [-0.39, 0.29) is 0 Å². The Bertz CT molecular complexity index is 1390. The lowest BCUT2D eigenvalue weighted by atomic mass is 10.1. The fraction of sp³-hybridized carbons (Fsp3) is 0.103. The molecule has 0 fully saturated rings. The molecule has 0 heterocycles. The Hall–Kier alpha value is -4.34. The molecular formula is C29H22O3. The lowest BCUT2D eigenvalue weighted by molar-refractivity contribution is 0.355. The minimum Gasteiger partial charge on any atom is -0.497 e. The highest BCUT2D eigenvalue weighted by Crippen LogP contribution is 2.27. The van der Waals surface area contributed by atoms with Gasteiger partial charge in [-0.3, -0.25) is 0 Å². The van der Waals surface area contributed by atoms with Crippen LogP contribution in [0.2, 0.25) is 0 Å². The van der Waals surface area contributed by atoms with Crippen LogP contribution in [0.3, 0.4) is 0 Å². The maximum atomic E-state index is 5.45. The minimum absolute atomic E-state index is 0.645. The Morgan fingerprint density at radius 1 is 0.469 bits per heavy atom. The predicted molar refractivity (Wildman–Crippen MR) is 128 cm³/mol. The van der Waals surface area contributed by atoms with Crippen molar-refractivity contribution in [2.24, 2.45) is 0 Å². The van der Waals surface area contributed by atoms with E-state index in [9.17, 15) is 0 Å². The van der Waals surface area contributed by atoms with Crippen molar-refractivity contribution < 1.29 is 14.2 Å². The zero-order chi connectivity index (χ0) is 22.3. The molecule has 0 saturated heterocycles. The molecule has 0 aliphatic rings. The number of benzene rings is 4. The van der Waals surface area contributed by atoms with Gasteiger partial charge in [0, 0.05) is 22.3 Å². The molecule has 0 amide bonds. The summed E-state index contributed by atoms with van der Waals surface area (Å²) < 4.78 is 16.1. The first-order valence-corrected chi connectivity index (χ1v) is 10.1. The van der Waals surface area contributed by atoms with Crippen LogP contribution in [-0.2, 0) is 0 Å². The van der Waals surface area contributed by atoms with Gasteiger partial charge < -0.3 is 14.2 Å². The first-order valence-electron chi connectivity index (χ1n) is 10.1. The SMILES string of the molecule is COc1cc(C#Cc2ccc(OC)c(OC)c2)cc(C#Cc2ccc3ccccc3c2)c1. The maximum Gasteiger partial charge on any atom is 0.161 e. The predicted octanol–water partition coefficient (Wildman–Crippen LogP) is 5.67. The minimum atomic E-state index is 0.645. The average Bonchev–Trinajstić information content (AvgIpc) is 2.85. The van der Waals surface area contributed by atoms with Gasteiger partial charge in [-0.15, -0.1) is 0 Å². The number of fused-ring (bicyclic) bond motifs is 1. The summed E-state index contributed by atoms with van der Waals surface area (Å²) in [6, 6.07) is 25.8. The standard InChI is InChI=1S/C29H22O3/c1-30-27-18-23(10-8-21-12-14-25-6-4-5-7-26(25)17-21)16-24(19-27)11-9-22-13-15-28(31-2)29(20-22)32-3/h4-7,12-20H,1-3H3. The van der Waals surface area contributed by atoms with Crippen LogP contribution in [0.25, 0.3) is 10.8 Å². The number of hydrogen-bond acceptors (Lipinski definition) is 3. The van der Waals surface area contributed by atoms with Crippen molar-refractivity contribution >= 4 is 10.8 Å². The van der Waals surface area contributed by atoms with E-state index in [4.69, 9.17) is 14.2 Å². The maximum absolute atomic E-state index is 5.45. The fourth-order valence-corrected chi connectivity index (χ4v) is 3.33. The van der Waals surface area contributed by atoms with Gasteiger partial charge in [0.1, 0.15) is 5.75 Å². The molecule has 3 nitrogen and oxygen atoms in total. The number of hydrogen-bond donors (Lipinski definition) is 0. The highest BCUT2D eigenvalue weighted by molar-refractivity contribution is 5.83. The van der Waals surface area contributed by atoms with Crippen molar-refractivity contribution in [3.8, 4) is 40.9 Å². The van der Waals surface area contributed by atoms with Gasteiger partial charge in [-0.25, -0.2) is 0 Å². The van der Waals surface area contributed by atoms with Crippen molar-refractivity contribution in [1.29, 1.82) is 0 Å². The van der Waals surface area contributed by atoms with Gasteiger partial charge in [-0.1, -0.05) is 54.0 Å². The van der Waals surface area contributed by atoms with Gasteiger partial charge in [0.05, 0.1) is 21.3 Å². The van der Waals surface area contributed by atoms with E-state index >= 15 is 0 Å². The Labute approximate surface area is 188 Å². The zero-order valence-corrected chi connectivity index (χ0v) is 18.2. The molecular weight excluding hydrogens is 396 g/mol. The van der Waals surface area contributed by atoms with Crippen LogP contribution >= 0.6 is 0 Å². The topological polar surface area (TPSA) is 27.7 Å². The number of methoxy groups -OCH3 is 3. The number of ether oxygens (including phenoxy) is 3. The van der Waals surface area contributed by atoms with E-state index in [0.29, 0.717) is 17.2 Å². The molecule has 32 heavy (non-hydrogen) atoms. The van der Waals surface area contributed by atoms with Crippen molar-refractivity contribution in [1.82, 2.24) is 0 Å². The van der Waals surface area contributed by atoms with Crippen LogP contribution in [-0.4, -0.2) is 21.3 Å². The molecule has 0 bridgehead atoms. The molecule has 4 rings (SSSR count). The summed E-state index contributed by atoms with van der Waals surface area (Å²) in [5.74, 6) is 14.9. The fourth-order valence-electron chi connectivity index (χ4n) is 3.33. The van der Waals surface area contributed by atoms with Crippen molar-refractivity contribution in [2.45, 2.75) is 0 Å². The molecule has 0 saturated carbocycles. The van der Waals surface area contributed by atoms with Crippen LogP contribution in [0.4, 0.5) is 0 Å². The molecule has 0 aliphatic carbocycles. The summed E-state index contributed by atoms with van der Waals surface area (Å²) in [6.07, 6.45) is 0. The molecule has 156 valence electrons. The molecule has 0 N–H and O–H groups in total. The smallest absolute Gasteiger partial charge is 0.161 e. The van der Waals surface area contributed by atoms with E-state index in [1.807, 2.05) is 54.6 Å². The second kappa shape index (κ2) is 9.65. The van der Waals surface area contributed by atoms with Gasteiger partial charge in [0.15, 0.2) is 11.5 Å². The summed E-state index contributed by atoms with van der Waals surface area (Å²) in [6.45, 7) is 0. The summed E-state index contributed by atoms with van der Waals surface area (Å²) in [4.78, 5) is 0. The summed E-state index contributed by atoms with van der Waals surface area (Å²) in [5.41, 5.74) is 3.45. The largest absolute Gasteiger partial charge is 0.497 e. The molecule has 0 unspecified atom stereocenters. The molecule has 0 radical (unpaired) electrons. The van der Waals surface area contributed by atoms with Crippen LogP contribution in [0.5, 0.6) is 17.2 Å². The van der Waals surface area contributed by atoms with Crippen molar-refractivity contribution in [3.05, 3.63) is 101 Å². The molecule has 0 atom stereocenters. The number of rotatable bonds is 3. The Kier molecular flexibility index (Phi) is 6.30. The van der Waals surface area contributed by atoms with Gasteiger partial charge >= 0.3 is 0 Å². The van der Waals surface area contributed by atoms with Gasteiger partial charge in [-0.05, 0) is 59.3 Å². The van der Waals surface area contributed by atoms with E-state index in [1.54, 1.807) is 21.3 Å². The van der Waals surface area contributed by atoms with Crippen molar-refractivity contribution in [3.63, 3.8) is 0 Å². The second-order valence-corrected chi connectivity index (χ2v) is 7.08. The highest BCUT2D eigenvalue weighted by atomic mass is 16.5. The van der Waals surface area contributed by atoms with Gasteiger partial charge in [0.25, 0.3) is 0 Å². The van der Waals surface area contributed by atoms with Gasteiger partial charge in [0.2, 0.25) is 0 Å². The molecule has 4 aromatic rings. The Morgan fingerprint density at radius 2 is 1.06 bits per heavy atom. The molecule has 0 spiro atoms.